The predicted octanol–water partition coefficient (Wildman–Crippen LogP) is 3.91. The summed E-state index contributed by atoms with van der Waals surface area (Å²) in [5.74, 6) is 0.111. The van der Waals surface area contributed by atoms with Crippen LogP contribution in [0.4, 0.5) is 0 Å². The smallest absolute Gasteiger partial charge is 0.227 e. The van der Waals surface area contributed by atoms with Crippen LogP contribution in [0.3, 0.4) is 0 Å². The average molecular weight is 383 g/mol. The van der Waals surface area contributed by atoms with Gasteiger partial charge in [-0.2, -0.15) is 0 Å². The van der Waals surface area contributed by atoms with Gasteiger partial charge in [-0.1, -0.05) is 80.9 Å². The van der Waals surface area contributed by atoms with Crippen molar-refractivity contribution in [3.05, 3.63) is 71.8 Å². The van der Waals surface area contributed by atoms with Crippen LogP contribution in [0.25, 0.3) is 0 Å². The molecule has 3 rings (SSSR count). The molecule has 0 spiro atoms. The zero-order valence-electron chi connectivity index (χ0n) is 17.4. The minimum absolute atomic E-state index is 0.0114. The van der Waals surface area contributed by atoms with Gasteiger partial charge in [-0.15, -0.1) is 0 Å². The summed E-state index contributed by atoms with van der Waals surface area (Å²) in [7, 11) is 1.88. The molecule has 1 amide bonds. The van der Waals surface area contributed by atoms with E-state index in [-0.39, 0.29) is 18.1 Å². The molecule has 1 heterocycles. The van der Waals surface area contributed by atoms with Crippen molar-refractivity contribution in [1.82, 2.24) is 9.80 Å². The van der Waals surface area contributed by atoms with Crippen molar-refractivity contribution in [2.75, 3.05) is 26.7 Å². The van der Waals surface area contributed by atoms with Gasteiger partial charge in [0.15, 0.2) is 0 Å². The van der Waals surface area contributed by atoms with Crippen LogP contribution in [0.1, 0.15) is 43.9 Å². The highest BCUT2D eigenvalue weighted by Crippen LogP contribution is 2.23. The lowest BCUT2D eigenvalue weighted by atomic mass is 10.0. The Kier molecular flexibility index (Phi) is 9.18. The van der Waals surface area contributed by atoms with Crippen LogP contribution >= 0.6 is 0 Å². The van der Waals surface area contributed by atoms with Gasteiger partial charge in [0, 0.05) is 26.7 Å². The summed E-state index contributed by atoms with van der Waals surface area (Å²) in [5, 5.41) is 9.80. The van der Waals surface area contributed by atoms with Gasteiger partial charge < -0.3 is 10.0 Å². The highest BCUT2D eigenvalue weighted by molar-refractivity contribution is 5.79. The summed E-state index contributed by atoms with van der Waals surface area (Å²) in [6.45, 7) is 6.56. The Morgan fingerprint density at radius 1 is 1.11 bits per heavy atom. The van der Waals surface area contributed by atoms with Crippen LogP contribution < -0.4 is 0 Å². The van der Waals surface area contributed by atoms with E-state index in [0.29, 0.717) is 13.0 Å². The van der Waals surface area contributed by atoms with E-state index in [1.54, 1.807) is 0 Å². The van der Waals surface area contributed by atoms with E-state index in [2.05, 4.69) is 30.9 Å². The molecule has 0 bridgehead atoms. The second kappa shape index (κ2) is 11.6. The van der Waals surface area contributed by atoms with Gasteiger partial charge in [-0.25, -0.2) is 0 Å². The van der Waals surface area contributed by atoms with E-state index in [9.17, 15) is 9.90 Å². The third kappa shape index (κ3) is 6.77. The monoisotopic (exact) mass is 382 g/mol. The Hall–Kier alpha value is -2.17. The summed E-state index contributed by atoms with van der Waals surface area (Å²) < 4.78 is 0. The zero-order chi connectivity index (χ0) is 20.4. The largest absolute Gasteiger partial charge is 0.392 e. The number of nitrogens with zero attached hydrogens (tertiary/aromatic N) is 2. The number of carbonyl (C=O) groups excluding carboxylic acids is 1. The topological polar surface area (TPSA) is 43.8 Å². The number of benzene rings is 2. The quantitative estimate of drug-likeness (QED) is 0.824. The SMILES string of the molecule is CCC.CN(C(=O)Cc1ccccc1)[C@H](CN1CC[C@H](O)C1)c1ccccc1. The summed E-state index contributed by atoms with van der Waals surface area (Å²) in [6, 6.07) is 20.0. The van der Waals surface area contributed by atoms with Gasteiger partial charge in [0.25, 0.3) is 0 Å². The molecule has 0 aromatic heterocycles. The molecule has 1 saturated heterocycles. The number of carbonyl (C=O) groups is 1. The first-order valence-electron chi connectivity index (χ1n) is 10.3. The fourth-order valence-electron chi connectivity index (χ4n) is 3.42. The van der Waals surface area contributed by atoms with Crippen LogP contribution in [-0.4, -0.2) is 53.6 Å². The lowest BCUT2D eigenvalue weighted by Crippen LogP contribution is -2.39. The van der Waals surface area contributed by atoms with Gasteiger partial charge in [-0.05, 0) is 17.5 Å². The fourth-order valence-corrected chi connectivity index (χ4v) is 3.42. The van der Waals surface area contributed by atoms with Crippen molar-refractivity contribution in [2.45, 2.75) is 45.3 Å². The molecule has 152 valence electrons. The molecule has 0 aliphatic carbocycles. The molecular weight excluding hydrogens is 348 g/mol. The van der Waals surface area contributed by atoms with Crippen molar-refractivity contribution in [3.63, 3.8) is 0 Å². The number of hydrogen-bond acceptors (Lipinski definition) is 3. The van der Waals surface area contributed by atoms with Crippen molar-refractivity contribution in [2.24, 2.45) is 0 Å². The number of β-amino-alcohol motifs (C(OH)–C–C–N with tert-alkyl or cyclic N) is 1. The Labute approximate surface area is 169 Å². The first-order chi connectivity index (χ1) is 13.5. The van der Waals surface area contributed by atoms with Crippen LogP contribution in [0.2, 0.25) is 0 Å². The Morgan fingerprint density at radius 2 is 1.68 bits per heavy atom. The number of aliphatic hydroxyl groups is 1. The van der Waals surface area contributed by atoms with Gasteiger partial charge in [0.1, 0.15) is 0 Å². The fraction of sp³-hybridized carbons (Fsp3) is 0.458. The maximum absolute atomic E-state index is 12.8. The standard InChI is InChI=1S/C21H26N2O2.C3H8/c1-22(21(25)14-17-8-4-2-5-9-17)20(18-10-6-3-7-11-18)16-23-13-12-19(24)15-23;1-3-2/h2-11,19-20,24H,12-16H2,1H3;3H2,1-2H3/t19-,20+;/m0./s1. The van der Waals surface area contributed by atoms with E-state index < -0.39 is 0 Å². The summed E-state index contributed by atoms with van der Waals surface area (Å²) in [4.78, 5) is 16.9. The van der Waals surface area contributed by atoms with Crippen LogP contribution in [0, 0.1) is 0 Å². The average Bonchev–Trinajstić information content (AvgIpc) is 3.12. The van der Waals surface area contributed by atoms with E-state index in [0.717, 1.165) is 30.6 Å². The maximum atomic E-state index is 12.8. The lowest BCUT2D eigenvalue weighted by molar-refractivity contribution is -0.131. The Morgan fingerprint density at radius 3 is 2.21 bits per heavy atom. The number of likely N-dealkylation sites (N-methyl/N-ethyl adjacent to an activating group) is 1. The van der Waals surface area contributed by atoms with Crippen molar-refractivity contribution in [3.8, 4) is 0 Å². The summed E-state index contributed by atoms with van der Waals surface area (Å²) in [6.07, 6.45) is 2.22. The van der Waals surface area contributed by atoms with Crippen LogP contribution in [-0.2, 0) is 11.2 Å². The second-order valence-corrected chi connectivity index (χ2v) is 7.50. The number of likely N-dealkylation sites (tertiary alicyclic amines) is 1. The third-order valence-corrected chi connectivity index (χ3v) is 4.92. The molecule has 2 aromatic rings. The molecule has 1 N–H and O–H groups in total. The van der Waals surface area contributed by atoms with Gasteiger partial charge in [-0.3, -0.25) is 9.69 Å². The third-order valence-electron chi connectivity index (χ3n) is 4.92. The van der Waals surface area contributed by atoms with Gasteiger partial charge >= 0.3 is 0 Å². The van der Waals surface area contributed by atoms with Crippen molar-refractivity contribution >= 4 is 5.91 Å². The first kappa shape index (κ1) is 22.1. The molecule has 0 unspecified atom stereocenters. The maximum Gasteiger partial charge on any atom is 0.227 e. The minimum Gasteiger partial charge on any atom is -0.392 e. The molecule has 1 fully saturated rings. The Bertz CT molecular complexity index is 690. The molecule has 2 atom stereocenters. The molecule has 0 radical (unpaired) electrons. The second-order valence-electron chi connectivity index (χ2n) is 7.50. The molecule has 4 heteroatoms. The summed E-state index contributed by atoms with van der Waals surface area (Å²) >= 11 is 0. The van der Waals surface area contributed by atoms with Crippen molar-refractivity contribution < 1.29 is 9.90 Å². The van der Waals surface area contributed by atoms with Gasteiger partial charge in [0.2, 0.25) is 5.91 Å². The van der Waals surface area contributed by atoms with E-state index >= 15 is 0 Å². The van der Waals surface area contributed by atoms with E-state index in [4.69, 9.17) is 0 Å². The Balaban J connectivity index is 0.000000878. The molecule has 1 aliphatic heterocycles. The van der Waals surface area contributed by atoms with E-state index in [1.165, 1.54) is 6.42 Å². The minimum atomic E-state index is -0.248. The lowest BCUT2D eigenvalue weighted by Gasteiger charge is -2.32. The first-order valence-corrected chi connectivity index (χ1v) is 10.3. The normalized spacial score (nSPS) is 17.5. The molecule has 0 saturated carbocycles. The zero-order valence-corrected chi connectivity index (χ0v) is 17.4. The molecule has 4 nitrogen and oxygen atoms in total. The number of hydrogen-bond donors (Lipinski definition) is 1. The van der Waals surface area contributed by atoms with Crippen LogP contribution in [0.5, 0.6) is 0 Å². The summed E-state index contributed by atoms with van der Waals surface area (Å²) in [5.41, 5.74) is 2.16. The number of aliphatic hydroxyl groups excluding tert-OH is 1. The molecular formula is C24H34N2O2. The van der Waals surface area contributed by atoms with Gasteiger partial charge in [0.05, 0.1) is 18.6 Å². The molecule has 1 aliphatic rings. The molecule has 28 heavy (non-hydrogen) atoms. The molecule has 2 aromatic carbocycles. The number of amides is 1. The van der Waals surface area contributed by atoms with Crippen molar-refractivity contribution in [1.29, 1.82) is 0 Å². The highest BCUT2D eigenvalue weighted by atomic mass is 16.3. The highest BCUT2D eigenvalue weighted by Gasteiger charge is 2.27. The van der Waals surface area contributed by atoms with Crippen LogP contribution in [0.15, 0.2) is 60.7 Å². The number of rotatable bonds is 6. The van der Waals surface area contributed by atoms with E-state index in [1.807, 2.05) is 60.5 Å². The predicted molar refractivity (Wildman–Crippen MR) is 115 cm³/mol.